The molecule has 0 bridgehead atoms. The van der Waals surface area contributed by atoms with Gasteiger partial charge in [0.1, 0.15) is 10.0 Å². The minimum absolute atomic E-state index is 0.182. The van der Waals surface area contributed by atoms with E-state index >= 15 is 0 Å². The van der Waals surface area contributed by atoms with Gasteiger partial charge < -0.3 is 5.32 Å². The van der Waals surface area contributed by atoms with Crippen LogP contribution in [0.1, 0.15) is 32.2 Å². The third kappa shape index (κ3) is 4.65. The van der Waals surface area contributed by atoms with E-state index in [0.717, 1.165) is 39.4 Å². The first kappa shape index (κ1) is 15.6. The summed E-state index contributed by atoms with van der Waals surface area (Å²) < 4.78 is 1.07. The molecule has 0 fully saturated rings. The van der Waals surface area contributed by atoms with Gasteiger partial charge in [-0.3, -0.25) is 0 Å². The predicted octanol–water partition coefficient (Wildman–Crippen LogP) is 4.29. The second kappa shape index (κ2) is 6.78. The molecule has 108 valence electrons. The molecule has 0 atom stereocenters. The molecule has 20 heavy (non-hydrogen) atoms. The number of rotatable bonds is 5. The molecule has 0 amide bonds. The Morgan fingerprint density at radius 2 is 1.95 bits per heavy atom. The maximum absolute atomic E-state index is 4.29. The van der Waals surface area contributed by atoms with Crippen LogP contribution in [0.4, 0.5) is 0 Å². The normalized spacial score (nSPS) is 11.8. The van der Waals surface area contributed by atoms with Crippen LogP contribution in [0.5, 0.6) is 0 Å². The number of halogens is 1. The lowest BCUT2D eigenvalue weighted by molar-refractivity contribution is 0.422. The number of aromatic nitrogens is 2. The van der Waals surface area contributed by atoms with Crippen molar-refractivity contribution in [3.8, 4) is 10.6 Å². The first-order chi connectivity index (χ1) is 9.46. The standard InChI is InChI=1S/C15H20BrN3S/c1-15(2,3)17-10-6-9-13-18-19-14(20-13)11-7-4-5-8-12(11)16/h4-5,7-8,17H,6,9-10H2,1-3H3. The highest BCUT2D eigenvalue weighted by Crippen LogP contribution is 2.30. The van der Waals surface area contributed by atoms with Crippen LogP contribution in [0.2, 0.25) is 0 Å². The fourth-order valence-corrected chi connectivity index (χ4v) is 3.33. The molecule has 0 radical (unpaired) electrons. The average molecular weight is 354 g/mol. The smallest absolute Gasteiger partial charge is 0.148 e. The number of hydrogen-bond acceptors (Lipinski definition) is 4. The molecule has 0 spiro atoms. The number of nitrogens with one attached hydrogen (secondary N) is 1. The molecule has 2 rings (SSSR count). The van der Waals surface area contributed by atoms with Crippen molar-refractivity contribution >= 4 is 27.3 Å². The zero-order chi connectivity index (χ0) is 14.6. The summed E-state index contributed by atoms with van der Waals surface area (Å²) in [4.78, 5) is 0. The van der Waals surface area contributed by atoms with Crippen molar-refractivity contribution in [1.29, 1.82) is 0 Å². The minimum atomic E-state index is 0.182. The monoisotopic (exact) mass is 353 g/mol. The predicted molar refractivity (Wildman–Crippen MR) is 89.1 cm³/mol. The summed E-state index contributed by atoms with van der Waals surface area (Å²) in [5.74, 6) is 0. The third-order valence-electron chi connectivity index (χ3n) is 2.79. The molecule has 5 heteroatoms. The highest BCUT2D eigenvalue weighted by molar-refractivity contribution is 9.10. The molecule has 2 aromatic rings. The molecule has 1 aromatic carbocycles. The number of hydrogen-bond donors (Lipinski definition) is 1. The van der Waals surface area contributed by atoms with Crippen molar-refractivity contribution in [1.82, 2.24) is 15.5 Å². The molecule has 1 aromatic heterocycles. The highest BCUT2D eigenvalue weighted by atomic mass is 79.9. The molecule has 1 N–H and O–H groups in total. The summed E-state index contributed by atoms with van der Waals surface area (Å²) >= 11 is 5.23. The number of aryl methyl sites for hydroxylation is 1. The first-order valence-electron chi connectivity index (χ1n) is 6.78. The van der Waals surface area contributed by atoms with Gasteiger partial charge in [-0.1, -0.05) is 45.5 Å². The van der Waals surface area contributed by atoms with Gasteiger partial charge in [0, 0.05) is 22.0 Å². The summed E-state index contributed by atoms with van der Waals surface area (Å²) in [6.45, 7) is 7.56. The van der Waals surface area contributed by atoms with Crippen LogP contribution in [-0.4, -0.2) is 22.3 Å². The fourth-order valence-electron chi connectivity index (χ4n) is 1.80. The SMILES string of the molecule is CC(C)(C)NCCCc1nnc(-c2ccccc2Br)s1. The second-order valence-electron chi connectivity index (χ2n) is 5.76. The Hall–Kier alpha value is -0.780. The maximum atomic E-state index is 4.29. The summed E-state index contributed by atoms with van der Waals surface area (Å²) in [5.41, 5.74) is 1.30. The van der Waals surface area contributed by atoms with Crippen molar-refractivity contribution in [3.63, 3.8) is 0 Å². The fraction of sp³-hybridized carbons (Fsp3) is 0.467. The van der Waals surface area contributed by atoms with Crippen LogP contribution >= 0.6 is 27.3 Å². The lowest BCUT2D eigenvalue weighted by Crippen LogP contribution is -2.36. The van der Waals surface area contributed by atoms with Crippen LogP contribution in [0.3, 0.4) is 0 Å². The van der Waals surface area contributed by atoms with Crippen LogP contribution in [-0.2, 0) is 6.42 Å². The zero-order valence-electron chi connectivity index (χ0n) is 12.1. The molecule has 0 saturated heterocycles. The second-order valence-corrected chi connectivity index (χ2v) is 7.68. The number of benzene rings is 1. The zero-order valence-corrected chi connectivity index (χ0v) is 14.5. The van der Waals surface area contributed by atoms with Gasteiger partial charge in [0.25, 0.3) is 0 Å². The minimum Gasteiger partial charge on any atom is -0.312 e. The van der Waals surface area contributed by atoms with Crippen molar-refractivity contribution in [2.24, 2.45) is 0 Å². The van der Waals surface area contributed by atoms with Crippen molar-refractivity contribution in [3.05, 3.63) is 33.7 Å². The van der Waals surface area contributed by atoms with Crippen molar-refractivity contribution in [2.45, 2.75) is 39.2 Å². The molecular weight excluding hydrogens is 334 g/mol. The quantitative estimate of drug-likeness (QED) is 0.814. The third-order valence-corrected chi connectivity index (χ3v) is 4.50. The Labute approximate surface area is 133 Å². The van der Waals surface area contributed by atoms with E-state index in [-0.39, 0.29) is 5.54 Å². The van der Waals surface area contributed by atoms with E-state index in [0.29, 0.717) is 0 Å². The lowest BCUT2D eigenvalue weighted by Gasteiger charge is -2.20. The lowest BCUT2D eigenvalue weighted by atomic mass is 10.1. The summed E-state index contributed by atoms with van der Waals surface area (Å²) in [6, 6.07) is 8.13. The van der Waals surface area contributed by atoms with E-state index in [1.54, 1.807) is 11.3 Å². The van der Waals surface area contributed by atoms with Crippen LogP contribution in [0, 0.1) is 0 Å². The van der Waals surface area contributed by atoms with Gasteiger partial charge in [-0.15, -0.1) is 10.2 Å². The van der Waals surface area contributed by atoms with E-state index in [1.165, 1.54) is 0 Å². The molecule has 0 unspecified atom stereocenters. The Kier molecular flexibility index (Phi) is 5.29. The van der Waals surface area contributed by atoms with Gasteiger partial charge in [-0.05, 0) is 39.8 Å². The van der Waals surface area contributed by atoms with Gasteiger partial charge in [0.15, 0.2) is 0 Å². The van der Waals surface area contributed by atoms with Crippen molar-refractivity contribution < 1.29 is 0 Å². The Morgan fingerprint density at radius 1 is 1.20 bits per heavy atom. The highest BCUT2D eigenvalue weighted by Gasteiger charge is 2.10. The maximum Gasteiger partial charge on any atom is 0.148 e. The molecule has 0 aliphatic rings. The largest absolute Gasteiger partial charge is 0.312 e. The van der Waals surface area contributed by atoms with Crippen LogP contribution in [0.15, 0.2) is 28.7 Å². The average Bonchev–Trinajstić information content (AvgIpc) is 2.83. The van der Waals surface area contributed by atoms with Gasteiger partial charge in [-0.2, -0.15) is 0 Å². The Bertz CT molecular complexity index is 560. The number of nitrogens with zero attached hydrogens (tertiary/aromatic N) is 2. The molecule has 0 saturated carbocycles. The molecule has 0 aliphatic heterocycles. The van der Waals surface area contributed by atoms with E-state index < -0.39 is 0 Å². The molecule has 3 nitrogen and oxygen atoms in total. The van der Waals surface area contributed by atoms with E-state index in [9.17, 15) is 0 Å². The van der Waals surface area contributed by atoms with Crippen LogP contribution in [0.25, 0.3) is 10.6 Å². The van der Waals surface area contributed by atoms with Gasteiger partial charge >= 0.3 is 0 Å². The summed E-state index contributed by atoms with van der Waals surface area (Å²) in [7, 11) is 0. The summed E-state index contributed by atoms with van der Waals surface area (Å²) in [6.07, 6.45) is 2.06. The van der Waals surface area contributed by atoms with E-state index in [1.807, 2.05) is 18.2 Å². The molecule has 0 aliphatic carbocycles. The topological polar surface area (TPSA) is 37.8 Å². The van der Waals surface area contributed by atoms with Gasteiger partial charge in [0.05, 0.1) is 0 Å². The molecular formula is C15H20BrN3S. The van der Waals surface area contributed by atoms with Crippen LogP contribution < -0.4 is 5.32 Å². The Morgan fingerprint density at radius 3 is 2.65 bits per heavy atom. The van der Waals surface area contributed by atoms with Gasteiger partial charge in [0.2, 0.25) is 0 Å². The van der Waals surface area contributed by atoms with E-state index in [4.69, 9.17) is 0 Å². The Balaban J connectivity index is 1.92. The summed E-state index contributed by atoms with van der Waals surface area (Å²) in [5, 5.41) is 14.2. The van der Waals surface area contributed by atoms with E-state index in [2.05, 4.69) is 58.3 Å². The van der Waals surface area contributed by atoms with Crippen molar-refractivity contribution in [2.75, 3.05) is 6.54 Å². The van der Waals surface area contributed by atoms with Gasteiger partial charge in [-0.25, -0.2) is 0 Å². The molecule has 1 heterocycles. The first-order valence-corrected chi connectivity index (χ1v) is 8.39.